The monoisotopic (exact) mass is 417 g/mol. The van der Waals surface area contributed by atoms with E-state index in [1.807, 2.05) is 30.3 Å². The fraction of sp³-hybridized carbons (Fsp3) is 0.208. The summed E-state index contributed by atoms with van der Waals surface area (Å²) < 4.78 is 20.0. The predicted molar refractivity (Wildman–Crippen MR) is 112 cm³/mol. The van der Waals surface area contributed by atoms with Crippen LogP contribution in [0.25, 0.3) is 0 Å². The molecule has 6 nitrogen and oxygen atoms in total. The molecule has 1 spiro atoms. The van der Waals surface area contributed by atoms with E-state index in [9.17, 15) is 14.0 Å². The molecule has 2 aromatic carbocycles. The number of rotatable bonds is 3. The van der Waals surface area contributed by atoms with Crippen LogP contribution in [0.5, 0.6) is 5.75 Å². The Morgan fingerprint density at radius 3 is 2.81 bits per heavy atom. The van der Waals surface area contributed by atoms with Crippen molar-refractivity contribution in [2.75, 3.05) is 19.0 Å². The first kappa shape index (κ1) is 19.2. The molecule has 5 rings (SSSR count). The number of fused-ring (bicyclic) bond motifs is 2. The van der Waals surface area contributed by atoms with Crippen LogP contribution in [0.4, 0.5) is 10.1 Å². The Hall–Kier alpha value is -3.74. The van der Waals surface area contributed by atoms with Crippen molar-refractivity contribution in [3.8, 4) is 5.75 Å². The molecular formula is C24H20FN3O3. The Labute approximate surface area is 178 Å². The zero-order chi connectivity index (χ0) is 21.6. The van der Waals surface area contributed by atoms with Gasteiger partial charge >= 0.3 is 0 Å². The lowest BCUT2D eigenvalue weighted by Crippen LogP contribution is -2.42. The van der Waals surface area contributed by atoms with E-state index >= 15 is 0 Å². The third-order valence-corrected chi connectivity index (χ3v) is 6.26. The highest BCUT2D eigenvalue weighted by atomic mass is 19.1. The second-order valence-corrected chi connectivity index (χ2v) is 7.73. The van der Waals surface area contributed by atoms with E-state index in [1.54, 1.807) is 29.4 Å². The SMILES string of the molecule is COc1cccc(C(=O)N2CCC3(C(=O)Nc4ccccc43)C2c2cccnc2)c1F. The van der Waals surface area contributed by atoms with Crippen molar-refractivity contribution >= 4 is 17.5 Å². The fourth-order valence-corrected chi connectivity index (χ4v) is 4.89. The number of nitrogens with zero attached hydrogens (tertiary/aromatic N) is 2. The summed E-state index contributed by atoms with van der Waals surface area (Å²) in [6.45, 7) is 0.302. The zero-order valence-electron chi connectivity index (χ0n) is 16.8. The van der Waals surface area contributed by atoms with Crippen molar-refractivity contribution in [2.24, 2.45) is 0 Å². The van der Waals surface area contributed by atoms with Gasteiger partial charge in [0.25, 0.3) is 5.91 Å². The van der Waals surface area contributed by atoms with Crippen LogP contribution in [0.2, 0.25) is 0 Å². The van der Waals surface area contributed by atoms with Gasteiger partial charge in [-0.25, -0.2) is 4.39 Å². The molecule has 0 aliphatic carbocycles. The molecule has 0 saturated carbocycles. The maximum atomic E-state index is 14.9. The molecule has 0 radical (unpaired) electrons. The van der Waals surface area contributed by atoms with E-state index in [0.29, 0.717) is 13.0 Å². The van der Waals surface area contributed by atoms with E-state index in [4.69, 9.17) is 4.74 Å². The minimum atomic E-state index is -0.968. The smallest absolute Gasteiger partial charge is 0.257 e. The number of pyridine rings is 1. The summed E-state index contributed by atoms with van der Waals surface area (Å²) >= 11 is 0. The largest absolute Gasteiger partial charge is 0.494 e. The van der Waals surface area contributed by atoms with Crippen LogP contribution >= 0.6 is 0 Å². The Balaban J connectivity index is 1.66. The van der Waals surface area contributed by atoms with Gasteiger partial charge < -0.3 is 15.0 Å². The summed E-state index contributed by atoms with van der Waals surface area (Å²) in [5.74, 6) is -1.36. The van der Waals surface area contributed by atoms with Crippen LogP contribution in [0, 0.1) is 5.82 Å². The molecule has 2 aliphatic heterocycles. The van der Waals surface area contributed by atoms with Gasteiger partial charge in [-0.15, -0.1) is 0 Å². The van der Waals surface area contributed by atoms with Crippen molar-refractivity contribution in [2.45, 2.75) is 17.9 Å². The van der Waals surface area contributed by atoms with Crippen LogP contribution in [-0.4, -0.2) is 35.4 Å². The number of carbonyl (C=O) groups is 2. The number of nitrogens with one attached hydrogen (secondary N) is 1. The molecule has 0 bridgehead atoms. The summed E-state index contributed by atoms with van der Waals surface area (Å²) in [5.41, 5.74) is 1.25. The number of amides is 2. The lowest BCUT2D eigenvalue weighted by molar-refractivity contribution is -0.121. The molecule has 3 heterocycles. The van der Waals surface area contributed by atoms with E-state index < -0.39 is 23.2 Å². The van der Waals surface area contributed by atoms with E-state index in [0.717, 1.165) is 16.8 Å². The molecule has 31 heavy (non-hydrogen) atoms. The molecule has 7 heteroatoms. The summed E-state index contributed by atoms with van der Waals surface area (Å²) in [6, 6.07) is 15.0. The Morgan fingerprint density at radius 2 is 2.03 bits per heavy atom. The molecule has 156 valence electrons. The number of para-hydroxylation sites is 1. The molecule has 1 aromatic heterocycles. The maximum absolute atomic E-state index is 14.9. The third kappa shape index (κ3) is 2.73. The Morgan fingerprint density at radius 1 is 1.19 bits per heavy atom. The van der Waals surface area contributed by atoms with Gasteiger partial charge in [0.05, 0.1) is 18.7 Å². The first-order chi connectivity index (χ1) is 15.1. The number of halogens is 1. The number of hydrogen-bond donors (Lipinski definition) is 1. The fourth-order valence-electron chi connectivity index (χ4n) is 4.89. The van der Waals surface area contributed by atoms with E-state index in [2.05, 4.69) is 10.3 Å². The summed E-state index contributed by atoms with van der Waals surface area (Å²) in [6.07, 6.45) is 3.72. The van der Waals surface area contributed by atoms with Gasteiger partial charge in [0.2, 0.25) is 5.91 Å². The van der Waals surface area contributed by atoms with E-state index in [-0.39, 0.29) is 17.2 Å². The molecular weight excluding hydrogens is 397 g/mol. The van der Waals surface area contributed by atoms with Crippen LogP contribution in [0.15, 0.2) is 67.0 Å². The quantitative estimate of drug-likeness (QED) is 0.705. The van der Waals surface area contributed by atoms with Gasteiger partial charge in [0, 0.05) is 24.6 Å². The second kappa shape index (κ2) is 7.19. The number of methoxy groups -OCH3 is 1. The highest BCUT2D eigenvalue weighted by Crippen LogP contribution is 2.54. The minimum Gasteiger partial charge on any atom is -0.494 e. The lowest BCUT2D eigenvalue weighted by Gasteiger charge is -2.34. The van der Waals surface area contributed by atoms with E-state index in [1.165, 1.54) is 19.2 Å². The maximum Gasteiger partial charge on any atom is 0.257 e. The van der Waals surface area contributed by atoms with Crippen LogP contribution in [-0.2, 0) is 10.2 Å². The normalized spacial score (nSPS) is 21.8. The number of anilines is 1. The number of ether oxygens (including phenoxy) is 1. The topological polar surface area (TPSA) is 71.5 Å². The van der Waals surface area contributed by atoms with Gasteiger partial charge in [0.1, 0.15) is 5.41 Å². The first-order valence-corrected chi connectivity index (χ1v) is 10.0. The van der Waals surface area contributed by atoms with Crippen molar-refractivity contribution < 1.29 is 18.7 Å². The molecule has 2 unspecified atom stereocenters. The standard InChI is InChI=1S/C24H20FN3O3/c1-31-19-10-4-7-16(20(19)25)22(29)28-13-11-24(21(28)15-6-5-12-26-14-15)17-8-2-3-9-18(17)27-23(24)30/h2-10,12,14,21H,11,13H2,1H3,(H,27,30). The third-order valence-electron chi connectivity index (χ3n) is 6.26. The summed E-state index contributed by atoms with van der Waals surface area (Å²) in [5, 5.41) is 2.97. The average Bonchev–Trinajstić information content (AvgIpc) is 3.33. The van der Waals surface area contributed by atoms with Crippen molar-refractivity contribution in [3.63, 3.8) is 0 Å². The molecule has 2 aliphatic rings. The van der Waals surface area contributed by atoms with Crippen molar-refractivity contribution in [1.29, 1.82) is 0 Å². The molecule has 1 saturated heterocycles. The van der Waals surface area contributed by atoms with Gasteiger partial charge in [-0.2, -0.15) is 0 Å². The number of benzene rings is 2. The number of likely N-dealkylation sites (tertiary alicyclic amines) is 1. The first-order valence-electron chi connectivity index (χ1n) is 10.0. The molecule has 2 amide bonds. The van der Waals surface area contributed by atoms with Gasteiger partial charge in [-0.05, 0) is 41.8 Å². The molecule has 3 aromatic rings. The highest BCUT2D eigenvalue weighted by Gasteiger charge is 2.59. The van der Waals surface area contributed by atoms with Crippen LogP contribution < -0.4 is 10.1 Å². The Kier molecular flexibility index (Phi) is 4.46. The zero-order valence-corrected chi connectivity index (χ0v) is 16.8. The highest BCUT2D eigenvalue weighted by molar-refractivity contribution is 6.08. The van der Waals surface area contributed by atoms with Crippen LogP contribution in [0.1, 0.15) is 33.9 Å². The second-order valence-electron chi connectivity index (χ2n) is 7.73. The summed E-state index contributed by atoms with van der Waals surface area (Å²) in [7, 11) is 1.36. The number of hydrogen-bond acceptors (Lipinski definition) is 4. The van der Waals surface area contributed by atoms with Crippen molar-refractivity contribution in [1.82, 2.24) is 9.88 Å². The molecule has 2 atom stereocenters. The predicted octanol–water partition coefficient (Wildman–Crippen LogP) is 3.71. The Bertz CT molecular complexity index is 1180. The molecule has 1 fully saturated rings. The lowest BCUT2D eigenvalue weighted by atomic mass is 9.73. The number of aromatic nitrogens is 1. The van der Waals surface area contributed by atoms with Gasteiger partial charge in [-0.3, -0.25) is 14.6 Å². The summed E-state index contributed by atoms with van der Waals surface area (Å²) in [4.78, 5) is 32.7. The van der Waals surface area contributed by atoms with Gasteiger partial charge in [-0.1, -0.05) is 30.3 Å². The molecule has 1 N–H and O–H groups in total. The average molecular weight is 417 g/mol. The number of carbonyl (C=O) groups excluding carboxylic acids is 2. The minimum absolute atomic E-state index is 0.00152. The van der Waals surface area contributed by atoms with Gasteiger partial charge in [0.15, 0.2) is 11.6 Å². The van der Waals surface area contributed by atoms with Crippen molar-refractivity contribution in [3.05, 3.63) is 89.5 Å². The van der Waals surface area contributed by atoms with Crippen LogP contribution in [0.3, 0.4) is 0 Å².